The number of carboxylic acid groups (broad SMARTS) is 1. The number of amides is 3. The number of benzene rings is 1. The van der Waals surface area contributed by atoms with E-state index in [-0.39, 0.29) is 5.70 Å². The number of rotatable bonds is 4. The fraction of sp³-hybridized carbons (Fsp3) is 0.0625. The SMILES string of the molecule is O=C(O)CN1C(=O)N/C(=C\c2ccc(-c3ccc(Cl)c(Cl)c3)o2)C1=O. The maximum Gasteiger partial charge on any atom is 0.329 e. The number of hydrogen-bond acceptors (Lipinski definition) is 4. The van der Waals surface area contributed by atoms with Gasteiger partial charge < -0.3 is 14.8 Å². The molecule has 3 rings (SSSR count). The van der Waals surface area contributed by atoms with E-state index in [0.29, 0.717) is 32.0 Å². The van der Waals surface area contributed by atoms with Gasteiger partial charge in [0.05, 0.1) is 10.0 Å². The zero-order valence-corrected chi connectivity index (χ0v) is 14.0. The Hall–Kier alpha value is -2.77. The molecule has 1 aromatic heterocycles. The number of carbonyl (C=O) groups is 3. The minimum Gasteiger partial charge on any atom is -0.480 e. The van der Waals surface area contributed by atoms with Crippen molar-refractivity contribution in [3.63, 3.8) is 0 Å². The van der Waals surface area contributed by atoms with Crippen LogP contribution in [0.5, 0.6) is 0 Å². The fourth-order valence-corrected chi connectivity index (χ4v) is 2.53. The van der Waals surface area contributed by atoms with Crippen molar-refractivity contribution in [3.05, 3.63) is 51.8 Å². The van der Waals surface area contributed by atoms with E-state index in [4.69, 9.17) is 32.7 Å². The summed E-state index contributed by atoms with van der Waals surface area (Å²) < 4.78 is 5.61. The molecular weight excluding hydrogens is 371 g/mol. The third-order valence-corrected chi connectivity index (χ3v) is 4.11. The number of imide groups is 1. The predicted molar refractivity (Wildman–Crippen MR) is 90.0 cm³/mol. The highest BCUT2D eigenvalue weighted by molar-refractivity contribution is 6.42. The van der Waals surface area contributed by atoms with Crippen molar-refractivity contribution in [2.24, 2.45) is 0 Å². The van der Waals surface area contributed by atoms with Crippen LogP contribution in [0.3, 0.4) is 0 Å². The second-order valence-electron chi connectivity index (χ2n) is 5.10. The third kappa shape index (κ3) is 3.52. The summed E-state index contributed by atoms with van der Waals surface area (Å²) in [5.74, 6) is -1.23. The first kappa shape index (κ1) is 17.1. The fourth-order valence-electron chi connectivity index (χ4n) is 2.23. The van der Waals surface area contributed by atoms with Gasteiger partial charge >= 0.3 is 12.0 Å². The normalized spacial score (nSPS) is 15.8. The number of halogens is 2. The Bertz CT molecular complexity index is 919. The van der Waals surface area contributed by atoms with Gasteiger partial charge in [-0.25, -0.2) is 9.69 Å². The molecule has 0 bridgehead atoms. The molecule has 0 saturated carbocycles. The lowest BCUT2D eigenvalue weighted by Gasteiger charge is -2.06. The van der Waals surface area contributed by atoms with Crippen molar-refractivity contribution >= 4 is 47.2 Å². The average Bonchev–Trinajstić information content (AvgIpc) is 3.11. The van der Waals surface area contributed by atoms with Crippen molar-refractivity contribution in [2.45, 2.75) is 0 Å². The van der Waals surface area contributed by atoms with Gasteiger partial charge in [0.2, 0.25) is 0 Å². The van der Waals surface area contributed by atoms with Crippen molar-refractivity contribution in [3.8, 4) is 11.3 Å². The van der Waals surface area contributed by atoms with Crippen molar-refractivity contribution < 1.29 is 23.9 Å². The van der Waals surface area contributed by atoms with E-state index in [1.54, 1.807) is 30.3 Å². The number of carbonyl (C=O) groups excluding carboxylic acids is 2. The summed E-state index contributed by atoms with van der Waals surface area (Å²) in [5, 5.41) is 11.8. The summed E-state index contributed by atoms with van der Waals surface area (Å²) in [6.07, 6.45) is 1.32. The van der Waals surface area contributed by atoms with E-state index in [0.717, 1.165) is 0 Å². The molecule has 128 valence electrons. The largest absolute Gasteiger partial charge is 0.480 e. The molecule has 25 heavy (non-hydrogen) atoms. The van der Waals surface area contributed by atoms with Crippen LogP contribution in [-0.2, 0) is 9.59 Å². The standard InChI is InChI=1S/C16H10Cl2N2O5/c17-10-3-1-8(5-11(10)18)13-4-2-9(25-13)6-12-15(23)20(7-14(21)22)16(24)19-12/h1-6H,7H2,(H,19,24)(H,21,22)/b12-6-. The monoisotopic (exact) mass is 380 g/mol. The lowest BCUT2D eigenvalue weighted by Crippen LogP contribution is -2.35. The molecule has 1 saturated heterocycles. The van der Waals surface area contributed by atoms with E-state index in [2.05, 4.69) is 5.32 Å². The molecule has 2 N–H and O–H groups in total. The number of nitrogens with one attached hydrogen (secondary N) is 1. The van der Waals surface area contributed by atoms with Gasteiger partial charge in [-0.15, -0.1) is 0 Å². The molecule has 0 spiro atoms. The smallest absolute Gasteiger partial charge is 0.329 e. The molecule has 1 aromatic carbocycles. The Morgan fingerprint density at radius 1 is 1.20 bits per heavy atom. The van der Waals surface area contributed by atoms with Gasteiger partial charge in [0.1, 0.15) is 23.8 Å². The molecular formula is C16H10Cl2N2O5. The summed E-state index contributed by atoms with van der Waals surface area (Å²) in [6.45, 7) is -0.714. The van der Waals surface area contributed by atoms with E-state index in [1.165, 1.54) is 6.08 Å². The lowest BCUT2D eigenvalue weighted by atomic mass is 10.2. The van der Waals surface area contributed by atoms with Crippen LogP contribution >= 0.6 is 23.2 Å². The van der Waals surface area contributed by atoms with Crippen molar-refractivity contribution in [2.75, 3.05) is 6.54 Å². The summed E-state index contributed by atoms with van der Waals surface area (Å²) in [5.41, 5.74) is 0.620. The summed E-state index contributed by atoms with van der Waals surface area (Å²) in [7, 11) is 0. The molecule has 0 radical (unpaired) electrons. The first-order chi connectivity index (χ1) is 11.8. The summed E-state index contributed by atoms with van der Waals surface area (Å²) in [6, 6.07) is 7.46. The van der Waals surface area contributed by atoms with Crippen LogP contribution < -0.4 is 5.32 Å². The highest BCUT2D eigenvalue weighted by atomic mass is 35.5. The van der Waals surface area contributed by atoms with Crippen LogP contribution in [0, 0.1) is 0 Å². The van der Waals surface area contributed by atoms with E-state index < -0.39 is 24.5 Å². The number of nitrogens with zero attached hydrogens (tertiary/aromatic N) is 1. The first-order valence-electron chi connectivity index (χ1n) is 6.97. The van der Waals surface area contributed by atoms with Crippen LogP contribution in [0.4, 0.5) is 4.79 Å². The van der Waals surface area contributed by atoms with Crippen LogP contribution in [0.15, 0.2) is 40.4 Å². The third-order valence-electron chi connectivity index (χ3n) is 3.37. The molecule has 7 nitrogen and oxygen atoms in total. The summed E-state index contributed by atoms with van der Waals surface area (Å²) in [4.78, 5) is 35.0. The van der Waals surface area contributed by atoms with Gasteiger partial charge in [-0.2, -0.15) is 0 Å². The van der Waals surface area contributed by atoms with Crippen LogP contribution in [0.1, 0.15) is 5.76 Å². The molecule has 1 fully saturated rings. The number of hydrogen-bond donors (Lipinski definition) is 2. The van der Waals surface area contributed by atoms with Gasteiger partial charge in [0.25, 0.3) is 5.91 Å². The molecule has 0 atom stereocenters. The van der Waals surface area contributed by atoms with Gasteiger partial charge in [0, 0.05) is 11.6 Å². The second-order valence-corrected chi connectivity index (χ2v) is 5.92. The van der Waals surface area contributed by atoms with Crippen molar-refractivity contribution in [1.82, 2.24) is 10.2 Å². The van der Waals surface area contributed by atoms with E-state index in [9.17, 15) is 14.4 Å². The van der Waals surface area contributed by atoms with Crippen LogP contribution in [0.25, 0.3) is 17.4 Å². The zero-order valence-electron chi connectivity index (χ0n) is 12.5. The molecule has 2 heterocycles. The molecule has 0 aliphatic carbocycles. The molecule has 9 heteroatoms. The molecule has 0 unspecified atom stereocenters. The minimum absolute atomic E-state index is 0.0683. The van der Waals surface area contributed by atoms with E-state index in [1.807, 2.05) is 0 Å². The zero-order chi connectivity index (χ0) is 18.1. The highest BCUT2D eigenvalue weighted by Gasteiger charge is 2.35. The Morgan fingerprint density at radius 2 is 1.96 bits per heavy atom. The number of urea groups is 1. The molecule has 1 aliphatic rings. The number of carboxylic acids is 1. The Labute approximate surface area is 151 Å². The van der Waals surface area contributed by atoms with Crippen molar-refractivity contribution in [1.29, 1.82) is 0 Å². The van der Waals surface area contributed by atoms with Crippen LogP contribution in [-0.4, -0.2) is 34.5 Å². The second kappa shape index (κ2) is 6.62. The quantitative estimate of drug-likeness (QED) is 0.626. The van der Waals surface area contributed by atoms with Gasteiger partial charge in [0.15, 0.2) is 0 Å². The molecule has 1 aliphatic heterocycles. The minimum atomic E-state index is -1.29. The maximum atomic E-state index is 12.1. The average molecular weight is 381 g/mol. The predicted octanol–water partition coefficient (Wildman–Crippen LogP) is 3.23. The van der Waals surface area contributed by atoms with Gasteiger partial charge in [-0.05, 0) is 30.3 Å². The number of aliphatic carboxylic acids is 1. The van der Waals surface area contributed by atoms with Gasteiger partial charge in [-0.3, -0.25) is 9.59 Å². The molecule has 3 amide bonds. The first-order valence-corrected chi connectivity index (χ1v) is 7.72. The molecule has 2 aromatic rings. The topological polar surface area (TPSA) is 99.8 Å². The maximum absolute atomic E-state index is 12.1. The number of furan rings is 1. The Morgan fingerprint density at radius 3 is 2.64 bits per heavy atom. The van der Waals surface area contributed by atoms with Crippen LogP contribution in [0.2, 0.25) is 10.0 Å². The Kier molecular flexibility index (Phi) is 4.52. The van der Waals surface area contributed by atoms with E-state index >= 15 is 0 Å². The van der Waals surface area contributed by atoms with Gasteiger partial charge in [-0.1, -0.05) is 23.2 Å². The Balaban J connectivity index is 1.84. The highest BCUT2D eigenvalue weighted by Crippen LogP contribution is 2.30. The summed E-state index contributed by atoms with van der Waals surface area (Å²) >= 11 is 11.8. The lowest BCUT2D eigenvalue weighted by molar-refractivity contribution is -0.140.